The number of carbonyl (C=O) groups is 1. The van der Waals surface area contributed by atoms with Gasteiger partial charge in [0.2, 0.25) is 5.91 Å². The molecule has 18 heavy (non-hydrogen) atoms. The van der Waals surface area contributed by atoms with E-state index in [2.05, 4.69) is 10.6 Å². The zero-order chi connectivity index (χ0) is 12.4. The van der Waals surface area contributed by atoms with Gasteiger partial charge < -0.3 is 15.1 Å². The van der Waals surface area contributed by atoms with Crippen LogP contribution >= 0.6 is 0 Å². The maximum Gasteiger partial charge on any atom is 0.225 e. The highest BCUT2D eigenvalue weighted by Crippen LogP contribution is 2.20. The first-order chi connectivity index (χ1) is 8.84. The van der Waals surface area contributed by atoms with Gasteiger partial charge in [-0.25, -0.2) is 0 Å². The van der Waals surface area contributed by atoms with E-state index in [4.69, 9.17) is 4.42 Å². The molecule has 1 aromatic carbocycles. The monoisotopic (exact) mass is 244 g/mol. The summed E-state index contributed by atoms with van der Waals surface area (Å²) in [6, 6.07) is 7.96. The lowest BCUT2D eigenvalue weighted by molar-refractivity contribution is -0.126. The number of carbonyl (C=O) groups excluding carboxylic acids is 1. The number of benzene rings is 1. The van der Waals surface area contributed by atoms with Gasteiger partial charge in [0.15, 0.2) is 0 Å². The van der Waals surface area contributed by atoms with Crippen molar-refractivity contribution in [1.82, 2.24) is 10.6 Å². The van der Waals surface area contributed by atoms with Crippen molar-refractivity contribution in [2.45, 2.75) is 6.42 Å². The van der Waals surface area contributed by atoms with Crippen molar-refractivity contribution in [3.63, 3.8) is 0 Å². The molecular weight excluding hydrogens is 228 g/mol. The predicted octanol–water partition coefficient (Wildman–Crippen LogP) is 1.31. The van der Waals surface area contributed by atoms with Crippen LogP contribution in [0.25, 0.3) is 11.0 Å². The summed E-state index contributed by atoms with van der Waals surface area (Å²) in [7, 11) is 0. The number of hydrogen-bond acceptors (Lipinski definition) is 3. The first kappa shape index (κ1) is 11.3. The number of para-hydroxylation sites is 1. The van der Waals surface area contributed by atoms with E-state index in [0.717, 1.165) is 36.0 Å². The molecule has 1 aliphatic heterocycles. The molecule has 1 aliphatic rings. The largest absolute Gasteiger partial charge is 0.464 e. The summed E-state index contributed by atoms with van der Waals surface area (Å²) in [5.74, 6) is 0.313. The van der Waals surface area contributed by atoms with Gasteiger partial charge in [0.1, 0.15) is 5.58 Å². The molecule has 0 atom stereocenters. The van der Waals surface area contributed by atoms with Crippen molar-refractivity contribution >= 4 is 16.9 Å². The highest BCUT2D eigenvalue weighted by molar-refractivity contribution is 5.81. The van der Waals surface area contributed by atoms with E-state index in [0.29, 0.717) is 6.54 Å². The van der Waals surface area contributed by atoms with E-state index >= 15 is 0 Å². The fourth-order valence-electron chi connectivity index (χ4n) is 2.17. The second kappa shape index (κ2) is 4.82. The molecule has 0 spiro atoms. The quantitative estimate of drug-likeness (QED) is 0.852. The first-order valence-electron chi connectivity index (χ1n) is 6.28. The van der Waals surface area contributed by atoms with Gasteiger partial charge in [-0.2, -0.15) is 0 Å². The lowest BCUT2D eigenvalue weighted by Gasteiger charge is -2.25. The summed E-state index contributed by atoms with van der Waals surface area (Å²) in [5, 5.41) is 7.20. The lowest BCUT2D eigenvalue weighted by Crippen LogP contribution is -2.51. The van der Waals surface area contributed by atoms with Crippen LogP contribution in [-0.4, -0.2) is 25.5 Å². The molecule has 1 amide bonds. The topological polar surface area (TPSA) is 54.3 Å². The number of hydrogen-bond donors (Lipinski definition) is 2. The Hall–Kier alpha value is -1.81. The van der Waals surface area contributed by atoms with Gasteiger partial charge in [0.05, 0.1) is 12.2 Å². The van der Waals surface area contributed by atoms with E-state index in [1.54, 1.807) is 6.26 Å². The van der Waals surface area contributed by atoms with Crippen LogP contribution in [0.1, 0.15) is 5.56 Å². The molecule has 2 N–H and O–H groups in total. The molecule has 0 saturated carbocycles. The van der Waals surface area contributed by atoms with Crippen LogP contribution in [0.3, 0.4) is 0 Å². The van der Waals surface area contributed by atoms with Crippen LogP contribution in [0, 0.1) is 5.92 Å². The number of fused-ring (bicyclic) bond motifs is 1. The number of rotatable bonds is 4. The number of amides is 1. The zero-order valence-electron chi connectivity index (χ0n) is 10.1. The summed E-state index contributed by atoms with van der Waals surface area (Å²) in [6.45, 7) is 2.28. The van der Waals surface area contributed by atoms with Crippen LogP contribution in [-0.2, 0) is 11.2 Å². The second-order valence-electron chi connectivity index (χ2n) is 4.65. The molecule has 2 heterocycles. The summed E-state index contributed by atoms with van der Waals surface area (Å²) in [5.41, 5.74) is 2.06. The van der Waals surface area contributed by atoms with Crippen molar-refractivity contribution in [1.29, 1.82) is 0 Å². The van der Waals surface area contributed by atoms with E-state index in [-0.39, 0.29) is 11.8 Å². The molecular formula is C14H16N2O2. The van der Waals surface area contributed by atoms with Gasteiger partial charge in [0.25, 0.3) is 0 Å². The molecule has 1 aromatic heterocycles. The minimum atomic E-state index is 0.154. The van der Waals surface area contributed by atoms with E-state index in [1.807, 2.05) is 24.3 Å². The maximum atomic E-state index is 11.6. The molecule has 4 heteroatoms. The molecule has 3 rings (SSSR count). The van der Waals surface area contributed by atoms with Crippen LogP contribution in [0.5, 0.6) is 0 Å². The van der Waals surface area contributed by atoms with Gasteiger partial charge in [-0.1, -0.05) is 18.2 Å². The number of furan rings is 1. The van der Waals surface area contributed by atoms with E-state index in [9.17, 15) is 4.79 Å². The SMILES string of the molecule is O=C(NCCc1coc2ccccc12)C1CNC1. The summed E-state index contributed by atoms with van der Waals surface area (Å²) in [6.07, 6.45) is 2.59. The van der Waals surface area contributed by atoms with Crippen molar-refractivity contribution in [3.8, 4) is 0 Å². The Morgan fingerprint density at radius 2 is 2.22 bits per heavy atom. The maximum absolute atomic E-state index is 11.6. The highest BCUT2D eigenvalue weighted by atomic mass is 16.3. The predicted molar refractivity (Wildman–Crippen MR) is 69.3 cm³/mol. The Balaban J connectivity index is 1.58. The minimum absolute atomic E-state index is 0.154. The fourth-order valence-corrected chi connectivity index (χ4v) is 2.17. The first-order valence-corrected chi connectivity index (χ1v) is 6.28. The van der Waals surface area contributed by atoms with E-state index < -0.39 is 0 Å². The lowest BCUT2D eigenvalue weighted by atomic mass is 10.0. The van der Waals surface area contributed by atoms with Gasteiger partial charge in [0, 0.05) is 25.0 Å². The highest BCUT2D eigenvalue weighted by Gasteiger charge is 2.24. The summed E-state index contributed by atoms with van der Waals surface area (Å²) < 4.78 is 5.46. The molecule has 1 saturated heterocycles. The molecule has 2 aromatic rings. The van der Waals surface area contributed by atoms with Crippen molar-refractivity contribution in [2.24, 2.45) is 5.92 Å². The third-order valence-corrected chi connectivity index (χ3v) is 3.41. The Kier molecular flexibility index (Phi) is 3.02. The third kappa shape index (κ3) is 2.11. The van der Waals surface area contributed by atoms with Gasteiger partial charge in [-0.05, 0) is 18.1 Å². The van der Waals surface area contributed by atoms with Crippen LogP contribution < -0.4 is 10.6 Å². The Morgan fingerprint density at radius 1 is 1.39 bits per heavy atom. The molecule has 0 unspecified atom stereocenters. The second-order valence-corrected chi connectivity index (χ2v) is 4.65. The molecule has 1 fully saturated rings. The van der Waals surface area contributed by atoms with Crippen LogP contribution in [0.15, 0.2) is 34.9 Å². The Morgan fingerprint density at radius 3 is 3.00 bits per heavy atom. The average Bonchev–Trinajstić information content (AvgIpc) is 2.71. The molecule has 4 nitrogen and oxygen atoms in total. The van der Waals surface area contributed by atoms with Gasteiger partial charge in [-0.15, -0.1) is 0 Å². The average molecular weight is 244 g/mol. The smallest absolute Gasteiger partial charge is 0.225 e. The standard InChI is InChI=1S/C14H16N2O2/c17-14(11-7-15-8-11)16-6-5-10-9-18-13-4-2-1-3-12(10)13/h1-4,9,11,15H,5-8H2,(H,16,17). The third-order valence-electron chi connectivity index (χ3n) is 3.41. The van der Waals surface area contributed by atoms with Crippen molar-refractivity contribution in [2.75, 3.05) is 19.6 Å². The van der Waals surface area contributed by atoms with Crippen molar-refractivity contribution in [3.05, 3.63) is 36.1 Å². The molecule has 0 bridgehead atoms. The number of nitrogens with one attached hydrogen (secondary N) is 2. The van der Waals surface area contributed by atoms with Gasteiger partial charge >= 0.3 is 0 Å². The summed E-state index contributed by atoms with van der Waals surface area (Å²) in [4.78, 5) is 11.6. The van der Waals surface area contributed by atoms with Crippen LogP contribution in [0.2, 0.25) is 0 Å². The van der Waals surface area contributed by atoms with Gasteiger partial charge in [-0.3, -0.25) is 4.79 Å². The van der Waals surface area contributed by atoms with E-state index in [1.165, 1.54) is 0 Å². The normalized spacial score (nSPS) is 15.6. The fraction of sp³-hybridized carbons (Fsp3) is 0.357. The zero-order valence-corrected chi connectivity index (χ0v) is 10.1. The molecule has 0 radical (unpaired) electrons. The Bertz CT molecular complexity index is 558. The summed E-state index contributed by atoms with van der Waals surface area (Å²) >= 11 is 0. The van der Waals surface area contributed by atoms with Crippen LogP contribution in [0.4, 0.5) is 0 Å². The van der Waals surface area contributed by atoms with Crippen molar-refractivity contribution < 1.29 is 9.21 Å². The minimum Gasteiger partial charge on any atom is -0.464 e. The Labute approximate surface area is 105 Å². The molecule has 94 valence electrons. The molecule has 0 aliphatic carbocycles.